The monoisotopic (exact) mass is 257 g/mol. The third kappa shape index (κ3) is 3.61. The van der Waals surface area contributed by atoms with Crippen LogP contribution in [0.1, 0.15) is 17.7 Å². The molecule has 0 radical (unpaired) electrons. The number of aromatic nitrogens is 1. The van der Waals surface area contributed by atoms with Gasteiger partial charge in [-0.05, 0) is 30.2 Å². The number of hydrogen-bond donors (Lipinski definition) is 2. The van der Waals surface area contributed by atoms with Gasteiger partial charge < -0.3 is 15.6 Å². The zero-order valence-corrected chi connectivity index (χ0v) is 11.1. The number of nitrogens with two attached hydrogens (primary N) is 1. The lowest BCUT2D eigenvalue weighted by Gasteiger charge is -2.07. The van der Waals surface area contributed by atoms with Crippen molar-refractivity contribution in [3.8, 4) is 0 Å². The number of anilines is 1. The highest BCUT2D eigenvalue weighted by molar-refractivity contribution is 5.76. The van der Waals surface area contributed by atoms with Crippen molar-refractivity contribution in [2.45, 2.75) is 19.4 Å². The van der Waals surface area contributed by atoms with Crippen LogP contribution >= 0.6 is 0 Å². The molecule has 19 heavy (non-hydrogen) atoms. The number of amides is 1. The van der Waals surface area contributed by atoms with Crippen LogP contribution in [0.2, 0.25) is 0 Å². The molecule has 100 valence electrons. The minimum Gasteiger partial charge on any atom is -0.399 e. The van der Waals surface area contributed by atoms with Gasteiger partial charge >= 0.3 is 0 Å². The fourth-order valence-corrected chi connectivity index (χ4v) is 1.97. The highest BCUT2D eigenvalue weighted by Crippen LogP contribution is 2.12. The van der Waals surface area contributed by atoms with Gasteiger partial charge in [0.25, 0.3) is 0 Å². The predicted molar refractivity (Wildman–Crippen MR) is 76.4 cm³/mol. The third-order valence-electron chi connectivity index (χ3n) is 3.19. The maximum Gasteiger partial charge on any atom is 0.220 e. The third-order valence-corrected chi connectivity index (χ3v) is 3.19. The van der Waals surface area contributed by atoms with Gasteiger partial charge in [0.05, 0.1) is 6.54 Å². The molecule has 1 aromatic carbocycles. The van der Waals surface area contributed by atoms with E-state index in [-0.39, 0.29) is 5.91 Å². The molecule has 2 aromatic rings. The van der Waals surface area contributed by atoms with Crippen molar-refractivity contribution in [1.29, 1.82) is 0 Å². The lowest BCUT2D eigenvalue weighted by molar-refractivity contribution is -0.121. The van der Waals surface area contributed by atoms with Crippen molar-refractivity contribution in [3.63, 3.8) is 0 Å². The van der Waals surface area contributed by atoms with E-state index in [0.717, 1.165) is 16.9 Å². The number of nitrogen functional groups attached to an aromatic ring is 1. The highest BCUT2D eigenvalue weighted by atomic mass is 16.1. The lowest BCUT2D eigenvalue weighted by Crippen LogP contribution is -2.24. The van der Waals surface area contributed by atoms with E-state index in [1.54, 1.807) is 0 Å². The van der Waals surface area contributed by atoms with Gasteiger partial charge in [0, 0.05) is 31.0 Å². The summed E-state index contributed by atoms with van der Waals surface area (Å²) < 4.78 is 2.00. The van der Waals surface area contributed by atoms with Crippen LogP contribution < -0.4 is 11.1 Å². The highest BCUT2D eigenvalue weighted by Gasteiger charge is 2.05. The molecule has 0 saturated carbocycles. The van der Waals surface area contributed by atoms with E-state index >= 15 is 0 Å². The van der Waals surface area contributed by atoms with Crippen molar-refractivity contribution < 1.29 is 4.79 Å². The summed E-state index contributed by atoms with van der Waals surface area (Å²) in [5.41, 5.74) is 8.71. The SMILES string of the molecule is Cn1cccc1CNC(=O)CCc1ccccc1N. The number of para-hydroxylation sites is 1. The van der Waals surface area contributed by atoms with E-state index in [1.165, 1.54) is 0 Å². The summed E-state index contributed by atoms with van der Waals surface area (Å²) in [4.78, 5) is 11.8. The second-order valence-corrected chi connectivity index (χ2v) is 4.59. The molecule has 0 atom stereocenters. The van der Waals surface area contributed by atoms with E-state index in [0.29, 0.717) is 19.4 Å². The quantitative estimate of drug-likeness (QED) is 0.803. The van der Waals surface area contributed by atoms with Crippen LogP contribution in [0.4, 0.5) is 5.69 Å². The topological polar surface area (TPSA) is 60.0 Å². The molecular formula is C15H19N3O. The fraction of sp³-hybridized carbons (Fsp3) is 0.267. The van der Waals surface area contributed by atoms with Crippen LogP contribution in [0, 0.1) is 0 Å². The van der Waals surface area contributed by atoms with E-state index in [9.17, 15) is 4.79 Å². The Bertz CT molecular complexity index is 560. The molecule has 0 aliphatic rings. The number of carbonyl (C=O) groups excluding carboxylic acids is 1. The van der Waals surface area contributed by atoms with Gasteiger partial charge in [0.15, 0.2) is 0 Å². The van der Waals surface area contributed by atoms with E-state index in [1.807, 2.05) is 54.2 Å². The van der Waals surface area contributed by atoms with E-state index < -0.39 is 0 Å². The molecule has 0 spiro atoms. The summed E-state index contributed by atoms with van der Waals surface area (Å²) in [5.74, 6) is 0.0458. The molecular weight excluding hydrogens is 238 g/mol. The standard InChI is InChI=1S/C15H19N3O/c1-18-10-4-6-13(18)11-17-15(19)9-8-12-5-2-3-7-14(12)16/h2-7,10H,8-9,11,16H2,1H3,(H,17,19). The second kappa shape index (κ2) is 6.09. The Morgan fingerprint density at radius 1 is 1.26 bits per heavy atom. The molecule has 3 N–H and O–H groups in total. The first-order valence-electron chi connectivity index (χ1n) is 6.37. The maximum atomic E-state index is 11.8. The van der Waals surface area contributed by atoms with Gasteiger partial charge in [-0.15, -0.1) is 0 Å². The van der Waals surface area contributed by atoms with Gasteiger partial charge in [-0.2, -0.15) is 0 Å². The molecule has 1 heterocycles. The number of aryl methyl sites for hydroxylation is 2. The molecule has 0 aliphatic heterocycles. The summed E-state index contributed by atoms with van der Waals surface area (Å²) in [6, 6.07) is 11.6. The zero-order chi connectivity index (χ0) is 13.7. The van der Waals surface area contributed by atoms with E-state index in [4.69, 9.17) is 5.73 Å². The molecule has 2 rings (SSSR count). The summed E-state index contributed by atoms with van der Waals surface area (Å²) >= 11 is 0. The molecule has 0 unspecified atom stereocenters. The minimum absolute atomic E-state index is 0.0458. The molecule has 4 nitrogen and oxygen atoms in total. The van der Waals surface area contributed by atoms with Gasteiger partial charge in [0.1, 0.15) is 0 Å². The van der Waals surface area contributed by atoms with Crippen LogP contribution in [0.3, 0.4) is 0 Å². The average molecular weight is 257 g/mol. The van der Waals surface area contributed by atoms with Crippen LogP contribution in [0.25, 0.3) is 0 Å². The number of nitrogens with one attached hydrogen (secondary N) is 1. The second-order valence-electron chi connectivity index (χ2n) is 4.59. The first kappa shape index (κ1) is 13.2. The Morgan fingerprint density at radius 2 is 2.05 bits per heavy atom. The maximum absolute atomic E-state index is 11.8. The van der Waals surface area contributed by atoms with Gasteiger partial charge in [0.2, 0.25) is 5.91 Å². The van der Waals surface area contributed by atoms with Gasteiger partial charge in [-0.25, -0.2) is 0 Å². The summed E-state index contributed by atoms with van der Waals surface area (Å²) in [5, 5.41) is 2.92. The number of hydrogen-bond acceptors (Lipinski definition) is 2. The molecule has 1 aromatic heterocycles. The van der Waals surface area contributed by atoms with Crippen LogP contribution in [0.5, 0.6) is 0 Å². The Morgan fingerprint density at radius 3 is 2.74 bits per heavy atom. The summed E-state index contributed by atoms with van der Waals surface area (Å²) in [6.07, 6.45) is 3.09. The summed E-state index contributed by atoms with van der Waals surface area (Å²) in [7, 11) is 1.96. The number of nitrogens with zero attached hydrogens (tertiary/aromatic N) is 1. The first-order chi connectivity index (χ1) is 9.16. The smallest absolute Gasteiger partial charge is 0.220 e. The summed E-state index contributed by atoms with van der Waals surface area (Å²) in [6.45, 7) is 0.562. The molecule has 0 aliphatic carbocycles. The molecule has 1 amide bonds. The van der Waals surface area contributed by atoms with Gasteiger partial charge in [-0.1, -0.05) is 18.2 Å². The van der Waals surface area contributed by atoms with Crippen molar-refractivity contribution >= 4 is 11.6 Å². The van der Waals surface area contributed by atoms with Crippen LogP contribution in [0.15, 0.2) is 42.6 Å². The lowest BCUT2D eigenvalue weighted by atomic mass is 10.1. The Balaban J connectivity index is 1.79. The zero-order valence-electron chi connectivity index (χ0n) is 11.1. The van der Waals surface area contributed by atoms with Crippen LogP contribution in [-0.4, -0.2) is 10.5 Å². The predicted octanol–water partition coefficient (Wildman–Crippen LogP) is 1.86. The van der Waals surface area contributed by atoms with Crippen molar-refractivity contribution in [2.24, 2.45) is 7.05 Å². The number of benzene rings is 1. The Labute approximate surface area is 113 Å². The Hall–Kier alpha value is -2.23. The first-order valence-corrected chi connectivity index (χ1v) is 6.37. The average Bonchev–Trinajstić information content (AvgIpc) is 2.81. The fourth-order valence-electron chi connectivity index (χ4n) is 1.97. The Kier molecular flexibility index (Phi) is 4.23. The number of carbonyl (C=O) groups is 1. The van der Waals surface area contributed by atoms with Crippen molar-refractivity contribution in [1.82, 2.24) is 9.88 Å². The molecule has 0 bridgehead atoms. The molecule has 0 saturated heterocycles. The van der Waals surface area contributed by atoms with Gasteiger partial charge in [-0.3, -0.25) is 4.79 Å². The molecule has 0 fully saturated rings. The van der Waals surface area contributed by atoms with Crippen molar-refractivity contribution in [2.75, 3.05) is 5.73 Å². The minimum atomic E-state index is 0.0458. The van der Waals surface area contributed by atoms with Crippen molar-refractivity contribution in [3.05, 3.63) is 53.9 Å². The molecule has 4 heteroatoms. The largest absolute Gasteiger partial charge is 0.399 e. The van der Waals surface area contributed by atoms with E-state index in [2.05, 4.69) is 5.32 Å². The normalized spacial score (nSPS) is 10.4. The van der Waals surface area contributed by atoms with Crippen LogP contribution in [-0.2, 0) is 24.8 Å². The number of rotatable bonds is 5.